The number of carbonyl (C=O) groups excluding carboxylic acids is 1. The first-order valence-corrected chi connectivity index (χ1v) is 9.78. The van der Waals surface area contributed by atoms with Crippen LogP contribution in [0.5, 0.6) is 5.75 Å². The zero-order chi connectivity index (χ0) is 24.2. The quantitative estimate of drug-likeness (QED) is 0.300. The van der Waals surface area contributed by atoms with Crippen molar-refractivity contribution in [3.05, 3.63) is 58.4 Å². The van der Waals surface area contributed by atoms with Crippen molar-refractivity contribution in [3.8, 4) is 5.75 Å². The summed E-state index contributed by atoms with van der Waals surface area (Å²) in [5, 5.41) is 17.0. The summed E-state index contributed by atoms with van der Waals surface area (Å²) in [5.74, 6) is -1.58. The Morgan fingerprint density at radius 2 is 1.94 bits per heavy atom. The van der Waals surface area contributed by atoms with E-state index in [0.29, 0.717) is 6.07 Å². The molecule has 0 aliphatic heterocycles. The highest BCUT2D eigenvalue weighted by Gasteiger charge is 2.20. The zero-order valence-corrected chi connectivity index (χ0v) is 18.0. The lowest BCUT2D eigenvalue weighted by Crippen LogP contribution is -2.34. The molecule has 174 valence electrons. The number of nitrogens with zero attached hydrogens (tertiary/aromatic N) is 3. The minimum atomic E-state index is -0.853. The van der Waals surface area contributed by atoms with E-state index < -0.39 is 28.3 Å². The van der Waals surface area contributed by atoms with E-state index in [2.05, 4.69) is 20.6 Å². The number of fused-ring (bicyclic) bond motifs is 1. The van der Waals surface area contributed by atoms with Crippen molar-refractivity contribution in [2.75, 3.05) is 18.5 Å². The summed E-state index contributed by atoms with van der Waals surface area (Å²) in [7, 11) is 0. The molecule has 3 rings (SSSR count). The van der Waals surface area contributed by atoms with Crippen LogP contribution in [0.25, 0.3) is 10.9 Å². The average Bonchev–Trinajstić information content (AvgIpc) is 2.71. The fourth-order valence-corrected chi connectivity index (χ4v) is 2.78. The van der Waals surface area contributed by atoms with Crippen molar-refractivity contribution in [2.45, 2.75) is 26.4 Å². The lowest BCUT2D eigenvalue weighted by molar-refractivity contribution is -0.385. The molecule has 0 spiro atoms. The van der Waals surface area contributed by atoms with Gasteiger partial charge in [-0.15, -0.1) is 0 Å². The van der Waals surface area contributed by atoms with Crippen LogP contribution in [0.3, 0.4) is 0 Å². The number of halogens is 2. The monoisotopic (exact) mass is 461 g/mol. The molecule has 3 aromatic rings. The predicted molar refractivity (Wildman–Crippen MR) is 116 cm³/mol. The molecular weight excluding hydrogens is 440 g/mol. The number of nitro groups is 1. The van der Waals surface area contributed by atoms with Gasteiger partial charge in [0.1, 0.15) is 36.0 Å². The topological polar surface area (TPSA) is 129 Å². The van der Waals surface area contributed by atoms with E-state index in [1.807, 2.05) is 0 Å². The molecule has 0 aliphatic carbocycles. The van der Waals surface area contributed by atoms with Gasteiger partial charge >= 0.3 is 11.8 Å². The Morgan fingerprint density at radius 3 is 2.61 bits per heavy atom. The summed E-state index contributed by atoms with van der Waals surface area (Å²) >= 11 is 0. The number of anilines is 2. The van der Waals surface area contributed by atoms with Crippen LogP contribution < -0.4 is 15.4 Å². The van der Waals surface area contributed by atoms with Crippen LogP contribution in [0.4, 0.5) is 30.8 Å². The third-order valence-corrected chi connectivity index (χ3v) is 4.12. The van der Waals surface area contributed by atoms with Crippen LogP contribution in [0, 0.1) is 21.7 Å². The van der Waals surface area contributed by atoms with Crippen LogP contribution >= 0.6 is 0 Å². The maximum Gasteiger partial charge on any atom is 0.407 e. The normalized spacial score (nSPS) is 11.2. The average molecular weight is 461 g/mol. The van der Waals surface area contributed by atoms with E-state index in [1.54, 1.807) is 20.8 Å². The van der Waals surface area contributed by atoms with Gasteiger partial charge in [0, 0.05) is 18.2 Å². The summed E-state index contributed by atoms with van der Waals surface area (Å²) in [5.41, 5.74) is -0.815. The van der Waals surface area contributed by atoms with Gasteiger partial charge in [0.05, 0.1) is 28.1 Å². The molecule has 0 saturated carbocycles. The van der Waals surface area contributed by atoms with Crippen molar-refractivity contribution in [3.63, 3.8) is 0 Å². The number of hydrogen-bond donors (Lipinski definition) is 2. The first kappa shape index (κ1) is 23.6. The highest BCUT2D eigenvalue weighted by molar-refractivity contribution is 5.93. The van der Waals surface area contributed by atoms with Gasteiger partial charge < -0.3 is 20.1 Å². The molecule has 2 N–H and O–H groups in total. The largest absolute Gasteiger partial charge is 0.485 e. The Kier molecular flexibility index (Phi) is 6.85. The second kappa shape index (κ2) is 9.59. The maximum absolute atomic E-state index is 14.0. The van der Waals surface area contributed by atoms with Gasteiger partial charge in [-0.1, -0.05) is 0 Å². The number of carbonyl (C=O) groups is 1. The van der Waals surface area contributed by atoms with Crippen LogP contribution in [-0.4, -0.2) is 39.7 Å². The van der Waals surface area contributed by atoms with Crippen molar-refractivity contribution < 1.29 is 28.0 Å². The van der Waals surface area contributed by atoms with Crippen LogP contribution in [0.1, 0.15) is 20.8 Å². The Balaban J connectivity index is 1.80. The summed E-state index contributed by atoms with van der Waals surface area (Å²) in [4.78, 5) is 30.7. The highest BCUT2D eigenvalue weighted by atomic mass is 19.1. The molecule has 0 radical (unpaired) electrons. The van der Waals surface area contributed by atoms with Crippen LogP contribution in [0.2, 0.25) is 0 Å². The third-order valence-electron chi connectivity index (χ3n) is 4.12. The number of rotatable bonds is 7. The van der Waals surface area contributed by atoms with E-state index in [-0.39, 0.29) is 47.0 Å². The molecule has 33 heavy (non-hydrogen) atoms. The third kappa shape index (κ3) is 6.21. The number of ether oxygens (including phenoxy) is 2. The minimum absolute atomic E-state index is 0.0462. The van der Waals surface area contributed by atoms with Crippen molar-refractivity contribution >= 4 is 34.2 Å². The molecule has 1 amide bonds. The Morgan fingerprint density at radius 1 is 1.18 bits per heavy atom. The van der Waals surface area contributed by atoms with E-state index in [4.69, 9.17) is 9.47 Å². The summed E-state index contributed by atoms with van der Waals surface area (Å²) in [6.07, 6.45) is 0.543. The lowest BCUT2D eigenvalue weighted by atomic mass is 10.2. The summed E-state index contributed by atoms with van der Waals surface area (Å²) in [6, 6.07) is 5.48. The van der Waals surface area contributed by atoms with E-state index in [1.165, 1.54) is 24.5 Å². The fraction of sp³-hybridized carbons (Fsp3) is 0.286. The van der Waals surface area contributed by atoms with Gasteiger partial charge in [0.15, 0.2) is 5.75 Å². The number of nitro benzene ring substituents is 1. The molecule has 1 aromatic heterocycles. The number of alkyl carbamates (subject to hydrolysis) is 1. The Labute approximate surface area is 187 Å². The summed E-state index contributed by atoms with van der Waals surface area (Å²) in [6.45, 7) is 5.14. The molecule has 2 aromatic carbocycles. The second-order valence-electron chi connectivity index (χ2n) is 7.84. The first-order valence-electron chi connectivity index (χ1n) is 9.78. The van der Waals surface area contributed by atoms with Gasteiger partial charge in [0.25, 0.3) is 0 Å². The van der Waals surface area contributed by atoms with Crippen LogP contribution in [0.15, 0.2) is 36.7 Å². The molecule has 0 fully saturated rings. The van der Waals surface area contributed by atoms with E-state index in [0.717, 1.165) is 6.07 Å². The number of hydrogen-bond acceptors (Lipinski definition) is 8. The second-order valence-corrected chi connectivity index (χ2v) is 7.84. The van der Waals surface area contributed by atoms with Gasteiger partial charge in [-0.2, -0.15) is 0 Å². The molecule has 0 saturated heterocycles. The minimum Gasteiger partial charge on any atom is -0.485 e. The zero-order valence-electron chi connectivity index (χ0n) is 18.0. The maximum atomic E-state index is 14.0. The molecular formula is C21H21F2N5O5. The first-order chi connectivity index (χ1) is 15.5. The molecule has 0 aliphatic rings. The van der Waals surface area contributed by atoms with Crippen molar-refractivity contribution in [1.82, 2.24) is 15.3 Å². The molecule has 10 nitrogen and oxygen atoms in total. The lowest BCUT2D eigenvalue weighted by Gasteiger charge is -2.19. The summed E-state index contributed by atoms with van der Waals surface area (Å²) < 4.78 is 37.8. The number of benzene rings is 2. The van der Waals surface area contributed by atoms with Gasteiger partial charge in [-0.25, -0.2) is 23.5 Å². The number of aromatic nitrogens is 2. The standard InChI is InChI=1S/C21H21F2N5O5/c1-21(2,3)33-20(29)24-6-7-32-18-10-16-13(9-17(18)28(30)31)19(26-11-25-16)27-15-5-4-12(22)8-14(15)23/h4-5,8-11H,6-7H2,1-3H3,(H,24,29)(H,25,26,27). The predicted octanol–water partition coefficient (Wildman–Crippen LogP) is 4.46. The van der Waals surface area contributed by atoms with Gasteiger partial charge in [0.2, 0.25) is 0 Å². The van der Waals surface area contributed by atoms with Crippen molar-refractivity contribution in [2.24, 2.45) is 0 Å². The van der Waals surface area contributed by atoms with Gasteiger partial charge in [-0.05, 0) is 32.9 Å². The fourth-order valence-electron chi connectivity index (χ4n) is 2.78. The smallest absolute Gasteiger partial charge is 0.407 e. The molecule has 1 heterocycles. The van der Waals surface area contributed by atoms with E-state index in [9.17, 15) is 23.7 Å². The number of nitrogens with one attached hydrogen (secondary N) is 2. The van der Waals surface area contributed by atoms with Crippen LogP contribution in [-0.2, 0) is 4.74 Å². The SMILES string of the molecule is CC(C)(C)OC(=O)NCCOc1cc2ncnc(Nc3ccc(F)cc3F)c2cc1[N+](=O)[O-]. The molecule has 0 bridgehead atoms. The highest BCUT2D eigenvalue weighted by Crippen LogP contribution is 2.34. The Hall–Kier alpha value is -4.09. The molecule has 0 atom stereocenters. The van der Waals surface area contributed by atoms with E-state index >= 15 is 0 Å². The molecule has 0 unspecified atom stereocenters. The van der Waals surface area contributed by atoms with Crippen molar-refractivity contribution in [1.29, 1.82) is 0 Å². The Bertz CT molecular complexity index is 1200. The molecule has 12 heteroatoms. The number of amides is 1. The van der Waals surface area contributed by atoms with Gasteiger partial charge in [-0.3, -0.25) is 10.1 Å².